The maximum atomic E-state index is 12.5. The summed E-state index contributed by atoms with van der Waals surface area (Å²) in [5.74, 6) is 0.740. The van der Waals surface area contributed by atoms with Crippen LogP contribution in [0.25, 0.3) is 22.3 Å². The van der Waals surface area contributed by atoms with Gasteiger partial charge >= 0.3 is 0 Å². The van der Waals surface area contributed by atoms with Crippen molar-refractivity contribution in [3.63, 3.8) is 0 Å². The Morgan fingerprint density at radius 3 is 2.25 bits per heavy atom. The number of aromatic nitrogens is 1. The van der Waals surface area contributed by atoms with Crippen molar-refractivity contribution in [3.05, 3.63) is 95.2 Å². The van der Waals surface area contributed by atoms with Gasteiger partial charge < -0.3 is 9.84 Å². The van der Waals surface area contributed by atoms with E-state index in [4.69, 9.17) is 16.1 Å². The lowest BCUT2D eigenvalue weighted by Gasteiger charge is -2.09. The molecule has 138 valence electrons. The van der Waals surface area contributed by atoms with E-state index in [1.165, 1.54) is 0 Å². The van der Waals surface area contributed by atoms with Crippen LogP contribution in [0.2, 0.25) is 5.02 Å². The molecule has 4 aromatic rings. The number of nitrogens with zero attached hydrogens (tertiary/aromatic N) is 1. The van der Waals surface area contributed by atoms with Crippen molar-refractivity contribution in [2.75, 3.05) is 5.32 Å². The topological polar surface area (TPSA) is 55.1 Å². The Morgan fingerprint density at radius 2 is 1.57 bits per heavy atom. The molecule has 0 aliphatic rings. The molecule has 3 aromatic carbocycles. The van der Waals surface area contributed by atoms with Crippen molar-refractivity contribution >= 4 is 23.3 Å². The van der Waals surface area contributed by atoms with Crippen molar-refractivity contribution in [2.24, 2.45) is 0 Å². The highest BCUT2D eigenvalue weighted by Gasteiger charge is 2.12. The third kappa shape index (κ3) is 3.82. The molecular formula is C23H17ClN2O2. The third-order valence-electron chi connectivity index (χ3n) is 4.40. The smallest absolute Gasteiger partial charge is 0.256 e. The zero-order valence-corrected chi connectivity index (χ0v) is 15.9. The highest BCUT2D eigenvalue weighted by Crippen LogP contribution is 2.31. The molecule has 4 nitrogen and oxygen atoms in total. The second-order valence-corrected chi connectivity index (χ2v) is 6.82. The number of carbonyl (C=O) groups is 1. The van der Waals surface area contributed by atoms with Crippen LogP contribution in [0.3, 0.4) is 0 Å². The van der Waals surface area contributed by atoms with Crippen LogP contribution in [0.15, 0.2) is 83.4 Å². The number of hydrogen-bond acceptors (Lipinski definition) is 3. The average molecular weight is 389 g/mol. The molecule has 1 aromatic heterocycles. The van der Waals surface area contributed by atoms with Gasteiger partial charge in [0.05, 0.1) is 0 Å². The number of halogens is 1. The van der Waals surface area contributed by atoms with Gasteiger partial charge in [-0.1, -0.05) is 71.4 Å². The van der Waals surface area contributed by atoms with E-state index in [1.54, 1.807) is 31.2 Å². The fraction of sp³-hybridized carbons (Fsp3) is 0.0435. The molecule has 5 heteroatoms. The molecule has 0 radical (unpaired) electrons. The normalized spacial score (nSPS) is 10.6. The molecular weight excluding hydrogens is 372 g/mol. The van der Waals surface area contributed by atoms with Crippen LogP contribution in [0.4, 0.5) is 5.82 Å². The Morgan fingerprint density at radius 1 is 0.893 bits per heavy atom. The van der Waals surface area contributed by atoms with Crippen LogP contribution in [-0.4, -0.2) is 11.1 Å². The summed E-state index contributed by atoms with van der Waals surface area (Å²) in [5, 5.41) is 7.09. The zero-order valence-electron chi connectivity index (χ0n) is 15.1. The minimum Gasteiger partial charge on any atom is -0.360 e. The third-order valence-corrected chi connectivity index (χ3v) is 4.73. The molecule has 4 rings (SSSR count). The Balaban J connectivity index is 1.61. The van der Waals surface area contributed by atoms with Crippen LogP contribution >= 0.6 is 11.6 Å². The van der Waals surface area contributed by atoms with E-state index in [-0.39, 0.29) is 5.91 Å². The lowest BCUT2D eigenvalue weighted by molar-refractivity contribution is 0.102. The quantitative estimate of drug-likeness (QED) is 0.451. The Kier molecular flexibility index (Phi) is 4.96. The first-order valence-electron chi connectivity index (χ1n) is 8.80. The second kappa shape index (κ2) is 7.71. The van der Waals surface area contributed by atoms with E-state index in [9.17, 15) is 4.79 Å². The Hall–Kier alpha value is -3.37. The van der Waals surface area contributed by atoms with Gasteiger partial charge in [-0.2, -0.15) is 0 Å². The van der Waals surface area contributed by atoms with Crippen LogP contribution in [0, 0.1) is 6.92 Å². The molecule has 0 unspecified atom stereocenters. The summed E-state index contributed by atoms with van der Waals surface area (Å²) < 4.78 is 4.98. The molecule has 0 bridgehead atoms. The highest BCUT2D eigenvalue weighted by molar-refractivity contribution is 6.33. The van der Waals surface area contributed by atoms with Gasteiger partial charge in [-0.3, -0.25) is 4.79 Å². The molecule has 0 spiro atoms. The van der Waals surface area contributed by atoms with Crippen LogP contribution in [0.5, 0.6) is 0 Å². The van der Waals surface area contributed by atoms with Crippen molar-refractivity contribution < 1.29 is 9.32 Å². The maximum Gasteiger partial charge on any atom is 0.256 e. The van der Waals surface area contributed by atoms with E-state index in [0.717, 1.165) is 22.3 Å². The number of carbonyl (C=O) groups excluding carboxylic acids is 1. The second-order valence-electron chi connectivity index (χ2n) is 6.41. The minimum atomic E-state index is -0.271. The highest BCUT2D eigenvalue weighted by atomic mass is 35.5. The Labute approximate surface area is 167 Å². The first-order chi connectivity index (χ1) is 13.6. The average Bonchev–Trinajstić information content (AvgIpc) is 3.13. The van der Waals surface area contributed by atoms with Gasteiger partial charge in [0.15, 0.2) is 5.82 Å². The van der Waals surface area contributed by atoms with E-state index in [1.807, 2.05) is 42.5 Å². The van der Waals surface area contributed by atoms with Gasteiger partial charge in [-0.15, -0.1) is 0 Å². The molecule has 0 saturated heterocycles. The first kappa shape index (κ1) is 18.0. The summed E-state index contributed by atoms with van der Waals surface area (Å²) in [6.07, 6.45) is 0. The van der Waals surface area contributed by atoms with E-state index < -0.39 is 0 Å². The number of benzene rings is 3. The lowest BCUT2D eigenvalue weighted by Crippen LogP contribution is -2.12. The summed E-state index contributed by atoms with van der Waals surface area (Å²) in [6.45, 7) is 1.77. The molecule has 0 fully saturated rings. The number of aryl methyl sites for hydroxylation is 1. The molecule has 28 heavy (non-hydrogen) atoms. The molecule has 0 atom stereocenters. The molecule has 1 N–H and O–H groups in total. The predicted molar refractivity (Wildman–Crippen MR) is 112 cm³/mol. The fourth-order valence-corrected chi connectivity index (χ4v) is 3.20. The van der Waals surface area contributed by atoms with Gasteiger partial charge in [0.1, 0.15) is 5.76 Å². The number of nitrogens with one attached hydrogen (secondary N) is 1. The van der Waals surface area contributed by atoms with Gasteiger partial charge in [-0.05, 0) is 41.8 Å². The van der Waals surface area contributed by atoms with Gasteiger partial charge in [0, 0.05) is 22.2 Å². The summed E-state index contributed by atoms with van der Waals surface area (Å²) in [6, 6.07) is 25.1. The maximum absolute atomic E-state index is 12.5. The minimum absolute atomic E-state index is 0.271. The molecule has 1 heterocycles. The van der Waals surface area contributed by atoms with Crippen molar-refractivity contribution in [1.82, 2.24) is 5.16 Å². The predicted octanol–water partition coefficient (Wildman–Crippen LogP) is 6.22. The van der Waals surface area contributed by atoms with Gasteiger partial charge in [0.2, 0.25) is 0 Å². The largest absolute Gasteiger partial charge is 0.360 e. The molecule has 0 aliphatic carbocycles. The summed E-state index contributed by atoms with van der Waals surface area (Å²) in [4.78, 5) is 12.5. The van der Waals surface area contributed by atoms with E-state index in [2.05, 4.69) is 22.6 Å². The molecule has 1 amide bonds. The standard InChI is InChI=1S/C23H17ClN2O2/c1-15-13-22(26-28-15)25-23(27)19-11-12-21(24)20(14-19)18-9-7-17(8-10-18)16-5-3-2-4-6-16/h2-14H,1H3,(H,25,26,27). The van der Waals surface area contributed by atoms with Crippen LogP contribution in [0.1, 0.15) is 16.1 Å². The van der Waals surface area contributed by atoms with Crippen molar-refractivity contribution in [2.45, 2.75) is 6.92 Å². The number of amides is 1. The fourth-order valence-electron chi connectivity index (χ4n) is 2.97. The number of hydrogen-bond donors (Lipinski definition) is 1. The van der Waals surface area contributed by atoms with Gasteiger partial charge in [0.25, 0.3) is 5.91 Å². The monoisotopic (exact) mass is 388 g/mol. The molecule has 0 saturated carbocycles. The zero-order chi connectivity index (χ0) is 19.5. The van der Waals surface area contributed by atoms with Gasteiger partial charge in [-0.25, -0.2) is 0 Å². The SMILES string of the molecule is Cc1cc(NC(=O)c2ccc(Cl)c(-c3ccc(-c4ccccc4)cc3)c2)no1. The summed E-state index contributed by atoms with van der Waals surface area (Å²) in [5.41, 5.74) is 4.50. The molecule has 0 aliphatic heterocycles. The van der Waals surface area contributed by atoms with Crippen molar-refractivity contribution in [1.29, 1.82) is 0 Å². The van der Waals surface area contributed by atoms with E-state index >= 15 is 0 Å². The number of anilines is 1. The first-order valence-corrected chi connectivity index (χ1v) is 9.18. The number of rotatable bonds is 4. The van der Waals surface area contributed by atoms with Crippen LogP contribution < -0.4 is 5.32 Å². The van der Waals surface area contributed by atoms with Crippen molar-refractivity contribution in [3.8, 4) is 22.3 Å². The lowest BCUT2D eigenvalue weighted by atomic mass is 9.99. The summed E-state index contributed by atoms with van der Waals surface area (Å²) >= 11 is 6.40. The Bertz CT molecular complexity index is 1120. The summed E-state index contributed by atoms with van der Waals surface area (Å²) in [7, 11) is 0. The van der Waals surface area contributed by atoms with E-state index in [0.29, 0.717) is 22.2 Å². The van der Waals surface area contributed by atoms with Crippen LogP contribution in [-0.2, 0) is 0 Å².